The van der Waals surface area contributed by atoms with Crippen LogP contribution in [0.25, 0.3) is 10.8 Å². The van der Waals surface area contributed by atoms with E-state index < -0.39 is 0 Å². The summed E-state index contributed by atoms with van der Waals surface area (Å²) in [5.41, 5.74) is 5.94. The van der Waals surface area contributed by atoms with Crippen molar-refractivity contribution in [3.8, 4) is 11.5 Å². The number of fused-ring (bicyclic) bond motifs is 1. The summed E-state index contributed by atoms with van der Waals surface area (Å²) in [6, 6.07) is 25.2. The summed E-state index contributed by atoms with van der Waals surface area (Å²) in [6.45, 7) is 5.41. The molecular formula is C27H26BrNO2. The predicted octanol–water partition coefficient (Wildman–Crippen LogP) is 7.42. The molecule has 0 fully saturated rings. The minimum Gasteiger partial charge on any atom is -0.493 e. The Bertz CT molecular complexity index is 1210. The monoisotopic (exact) mass is 475 g/mol. The highest BCUT2D eigenvalue weighted by molar-refractivity contribution is 9.10. The van der Waals surface area contributed by atoms with Gasteiger partial charge in [0.1, 0.15) is 6.61 Å². The zero-order chi connectivity index (χ0) is 21.8. The fourth-order valence-electron chi connectivity index (χ4n) is 3.64. The van der Waals surface area contributed by atoms with E-state index in [1.165, 1.54) is 21.9 Å². The van der Waals surface area contributed by atoms with Gasteiger partial charge in [0, 0.05) is 12.2 Å². The van der Waals surface area contributed by atoms with E-state index >= 15 is 0 Å². The first-order chi connectivity index (χ1) is 15.0. The van der Waals surface area contributed by atoms with E-state index in [4.69, 9.17) is 9.47 Å². The van der Waals surface area contributed by atoms with E-state index in [1.54, 1.807) is 7.11 Å². The summed E-state index contributed by atoms with van der Waals surface area (Å²) in [4.78, 5) is 0. The van der Waals surface area contributed by atoms with Gasteiger partial charge < -0.3 is 14.8 Å². The Kier molecular flexibility index (Phi) is 6.47. The first-order valence-electron chi connectivity index (χ1n) is 10.3. The van der Waals surface area contributed by atoms with Crippen LogP contribution in [0.4, 0.5) is 5.69 Å². The molecule has 0 saturated carbocycles. The van der Waals surface area contributed by atoms with Crippen molar-refractivity contribution in [2.75, 3.05) is 12.4 Å². The van der Waals surface area contributed by atoms with Crippen molar-refractivity contribution in [3.05, 3.63) is 99.5 Å². The molecule has 0 heterocycles. The van der Waals surface area contributed by atoms with Crippen LogP contribution in [0.1, 0.15) is 22.3 Å². The van der Waals surface area contributed by atoms with Crippen molar-refractivity contribution < 1.29 is 9.47 Å². The molecule has 4 aromatic carbocycles. The van der Waals surface area contributed by atoms with Gasteiger partial charge in [-0.15, -0.1) is 0 Å². The molecule has 158 valence electrons. The molecule has 31 heavy (non-hydrogen) atoms. The van der Waals surface area contributed by atoms with Gasteiger partial charge in [0.15, 0.2) is 11.5 Å². The van der Waals surface area contributed by atoms with Crippen LogP contribution in [0.5, 0.6) is 11.5 Å². The fraction of sp³-hybridized carbons (Fsp3) is 0.185. The fourth-order valence-corrected chi connectivity index (χ4v) is 4.24. The lowest BCUT2D eigenvalue weighted by molar-refractivity contribution is 0.283. The quantitative estimate of drug-likeness (QED) is 0.301. The Morgan fingerprint density at radius 1 is 0.871 bits per heavy atom. The highest BCUT2D eigenvalue weighted by Gasteiger charge is 2.13. The average molecular weight is 476 g/mol. The number of nitrogens with one attached hydrogen (secondary N) is 1. The molecule has 0 aliphatic carbocycles. The molecule has 0 saturated heterocycles. The van der Waals surface area contributed by atoms with E-state index in [0.29, 0.717) is 24.7 Å². The molecule has 0 aliphatic rings. The van der Waals surface area contributed by atoms with Crippen LogP contribution in [0.15, 0.2) is 77.3 Å². The molecule has 4 aromatic rings. The Hall–Kier alpha value is -2.98. The highest BCUT2D eigenvalue weighted by atomic mass is 79.9. The van der Waals surface area contributed by atoms with E-state index in [2.05, 4.69) is 102 Å². The van der Waals surface area contributed by atoms with E-state index in [9.17, 15) is 0 Å². The molecule has 0 radical (unpaired) electrons. The Morgan fingerprint density at radius 3 is 2.48 bits per heavy atom. The Morgan fingerprint density at radius 2 is 1.68 bits per heavy atom. The van der Waals surface area contributed by atoms with Crippen molar-refractivity contribution >= 4 is 32.4 Å². The molecular weight excluding hydrogens is 450 g/mol. The Labute approximate surface area is 192 Å². The topological polar surface area (TPSA) is 30.5 Å². The van der Waals surface area contributed by atoms with Gasteiger partial charge in [-0.2, -0.15) is 0 Å². The maximum atomic E-state index is 6.21. The maximum Gasteiger partial charge on any atom is 0.175 e. The highest BCUT2D eigenvalue weighted by Crippen LogP contribution is 2.37. The summed E-state index contributed by atoms with van der Waals surface area (Å²) in [6.07, 6.45) is 0. The van der Waals surface area contributed by atoms with Crippen molar-refractivity contribution in [2.45, 2.75) is 27.0 Å². The summed E-state index contributed by atoms with van der Waals surface area (Å²) in [7, 11) is 1.67. The van der Waals surface area contributed by atoms with Gasteiger partial charge in [-0.05, 0) is 87.1 Å². The second-order valence-corrected chi connectivity index (χ2v) is 8.54. The third-order valence-electron chi connectivity index (χ3n) is 5.54. The van der Waals surface area contributed by atoms with E-state index in [0.717, 1.165) is 21.3 Å². The maximum absolute atomic E-state index is 6.21. The van der Waals surface area contributed by atoms with Gasteiger partial charge in [-0.3, -0.25) is 0 Å². The first kappa shape index (κ1) is 21.3. The molecule has 0 unspecified atom stereocenters. The number of benzene rings is 4. The average Bonchev–Trinajstić information content (AvgIpc) is 2.78. The second-order valence-electron chi connectivity index (χ2n) is 7.69. The molecule has 4 heteroatoms. The van der Waals surface area contributed by atoms with E-state index in [-0.39, 0.29) is 0 Å². The van der Waals surface area contributed by atoms with Crippen LogP contribution in [-0.2, 0) is 13.2 Å². The normalized spacial score (nSPS) is 10.8. The lowest BCUT2D eigenvalue weighted by atomic mass is 10.1. The molecule has 4 rings (SSSR count). The molecule has 0 aliphatic heterocycles. The van der Waals surface area contributed by atoms with Crippen LogP contribution in [0.3, 0.4) is 0 Å². The van der Waals surface area contributed by atoms with Crippen molar-refractivity contribution in [2.24, 2.45) is 0 Å². The number of hydrogen-bond acceptors (Lipinski definition) is 3. The number of anilines is 1. The van der Waals surface area contributed by atoms with E-state index in [1.807, 2.05) is 6.07 Å². The predicted molar refractivity (Wildman–Crippen MR) is 132 cm³/mol. The minimum atomic E-state index is 0.469. The molecule has 0 bridgehead atoms. The lowest BCUT2D eigenvalue weighted by Gasteiger charge is -2.16. The summed E-state index contributed by atoms with van der Waals surface area (Å²) in [5.74, 6) is 1.43. The number of methoxy groups -OCH3 is 1. The SMILES string of the molecule is COc1cc(CNc2ccc(C)c(C)c2)cc(Br)c1OCc1cccc2ccccc12. The van der Waals surface area contributed by atoms with Crippen LogP contribution in [0.2, 0.25) is 0 Å². The largest absolute Gasteiger partial charge is 0.493 e. The molecule has 1 N–H and O–H groups in total. The molecule has 0 amide bonds. The number of hydrogen-bond donors (Lipinski definition) is 1. The Balaban J connectivity index is 1.51. The van der Waals surface area contributed by atoms with Gasteiger partial charge in [0.2, 0.25) is 0 Å². The van der Waals surface area contributed by atoms with Crippen LogP contribution >= 0.6 is 15.9 Å². The number of rotatable bonds is 7. The number of ether oxygens (including phenoxy) is 2. The second kappa shape index (κ2) is 9.44. The zero-order valence-corrected chi connectivity index (χ0v) is 19.6. The number of halogens is 1. The number of aryl methyl sites for hydroxylation is 2. The van der Waals surface area contributed by atoms with Gasteiger partial charge in [-0.1, -0.05) is 48.5 Å². The zero-order valence-electron chi connectivity index (χ0n) is 18.0. The van der Waals surface area contributed by atoms with Crippen molar-refractivity contribution in [1.82, 2.24) is 0 Å². The first-order valence-corrected chi connectivity index (χ1v) is 11.1. The summed E-state index contributed by atoms with van der Waals surface area (Å²) in [5, 5.41) is 5.90. The summed E-state index contributed by atoms with van der Waals surface area (Å²) >= 11 is 3.68. The molecule has 0 spiro atoms. The molecule has 0 aromatic heterocycles. The minimum absolute atomic E-state index is 0.469. The van der Waals surface area contributed by atoms with Crippen molar-refractivity contribution in [3.63, 3.8) is 0 Å². The van der Waals surface area contributed by atoms with Crippen LogP contribution < -0.4 is 14.8 Å². The van der Waals surface area contributed by atoms with Crippen LogP contribution in [-0.4, -0.2) is 7.11 Å². The van der Waals surface area contributed by atoms with Gasteiger partial charge in [0.05, 0.1) is 11.6 Å². The van der Waals surface area contributed by atoms with Crippen LogP contribution in [0, 0.1) is 13.8 Å². The smallest absolute Gasteiger partial charge is 0.175 e. The third-order valence-corrected chi connectivity index (χ3v) is 6.13. The summed E-state index contributed by atoms with van der Waals surface area (Å²) < 4.78 is 12.7. The molecule has 0 atom stereocenters. The molecule has 3 nitrogen and oxygen atoms in total. The lowest BCUT2D eigenvalue weighted by Crippen LogP contribution is -2.03. The van der Waals surface area contributed by atoms with Gasteiger partial charge in [-0.25, -0.2) is 0 Å². The van der Waals surface area contributed by atoms with Crippen molar-refractivity contribution in [1.29, 1.82) is 0 Å². The van der Waals surface area contributed by atoms with Gasteiger partial charge >= 0.3 is 0 Å². The van der Waals surface area contributed by atoms with Gasteiger partial charge in [0.25, 0.3) is 0 Å². The third kappa shape index (κ3) is 4.86. The standard InChI is InChI=1S/C27H26BrNO2/c1-18-11-12-23(13-19(18)2)29-16-20-14-25(28)27(26(15-20)30-3)31-17-22-9-6-8-21-7-4-5-10-24(21)22/h4-15,29H,16-17H2,1-3H3.